The highest BCUT2D eigenvalue weighted by molar-refractivity contribution is 9.10. The Morgan fingerprint density at radius 1 is 0.923 bits per heavy atom. The van der Waals surface area contributed by atoms with Crippen molar-refractivity contribution in [1.29, 1.82) is 0 Å². The Kier molecular flexibility index (Phi) is 4.74. The summed E-state index contributed by atoms with van der Waals surface area (Å²) < 4.78 is 2.61. The van der Waals surface area contributed by atoms with Crippen LogP contribution in [0.5, 0.6) is 0 Å². The monoisotopic (exact) mass is 409 g/mol. The van der Waals surface area contributed by atoms with Gasteiger partial charge in [-0.1, -0.05) is 12.1 Å². The Morgan fingerprint density at radius 2 is 1.62 bits per heavy atom. The number of nitrogens with zero attached hydrogens (tertiary/aromatic N) is 5. The molecule has 7 nitrogen and oxygen atoms in total. The second-order valence-corrected chi connectivity index (χ2v) is 6.54. The van der Waals surface area contributed by atoms with Crippen LogP contribution < -0.4 is 10.6 Å². The molecule has 0 saturated carbocycles. The number of rotatable bonds is 6. The zero-order valence-electron chi connectivity index (χ0n) is 13.8. The lowest BCUT2D eigenvalue weighted by atomic mass is 10.3. The third-order valence-electron chi connectivity index (χ3n) is 3.82. The molecule has 2 N–H and O–H groups in total. The number of aromatic nitrogens is 5. The molecule has 8 heteroatoms. The summed E-state index contributed by atoms with van der Waals surface area (Å²) in [5.41, 5.74) is 2.93. The highest BCUT2D eigenvalue weighted by atomic mass is 79.9. The second kappa shape index (κ2) is 7.49. The minimum atomic E-state index is 0.644. The summed E-state index contributed by atoms with van der Waals surface area (Å²) in [4.78, 5) is 12.9. The van der Waals surface area contributed by atoms with E-state index in [4.69, 9.17) is 0 Å². The molecule has 0 spiro atoms. The molecule has 4 heterocycles. The average molecular weight is 410 g/mol. The average Bonchev–Trinajstić information content (AvgIpc) is 3.07. The van der Waals surface area contributed by atoms with E-state index in [2.05, 4.69) is 46.6 Å². The lowest BCUT2D eigenvalue weighted by Crippen LogP contribution is -2.09. The van der Waals surface area contributed by atoms with Crippen molar-refractivity contribution in [2.75, 3.05) is 10.6 Å². The molecule has 4 rings (SSSR count). The second-order valence-electron chi connectivity index (χ2n) is 5.68. The summed E-state index contributed by atoms with van der Waals surface area (Å²) in [6.07, 6.45) is 8.94. The van der Waals surface area contributed by atoms with Gasteiger partial charge in [0.2, 0.25) is 0 Å². The van der Waals surface area contributed by atoms with Crippen molar-refractivity contribution < 1.29 is 0 Å². The Labute approximate surface area is 158 Å². The molecule has 0 aliphatic carbocycles. The zero-order chi connectivity index (χ0) is 17.8. The molecule has 26 heavy (non-hydrogen) atoms. The highest BCUT2D eigenvalue weighted by Crippen LogP contribution is 2.23. The molecule has 0 saturated heterocycles. The summed E-state index contributed by atoms with van der Waals surface area (Å²) in [5, 5.41) is 11.1. The van der Waals surface area contributed by atoms with Gasteiger partial charge in [0, 0.05) is 43.9 Å². The molecule has 0 aromatic carbocycles. The number of hydrogen-bond donors (Lipinski definition) is 2. The van der Waals surface area contributed by atoms with Crippen LogP contribution in [-0.4, -0.2) is 24.6 Å². The van der Waals surface area contributed by atoms with Gasteiger partial charge in [0.25, 0.3) is 0 Å². The summed E-state index contributed by atoms with van der Waals surface area (Å²) in [6, 6.07) is 9.83. The Bertz CT molecular complexity index is 1000. The molecule has 0 bridgehead atoms. The van der Waals surface area contributed by atoms with E-state index >= 15 is 0 Å². The molecule has 0 fully saturated rings. The third kappa shape index (κ3) is 3.65. The van der Waals surface area contributed by atoms with E-state index in [0.717, 1.165) is 32.9 Å². The summed E-state index contributed by atoms with van der Waals surface area (Å²) in [6.45, 7) is 1.29. The van der Waals surface area contributed by atoms with E-state index in [-0.39, 0.29) is 0 Å². The number of anilines is 2. The number of nitrogens with one attached hydrogen (secondary N) is 2. The smallest absolute Gasteiger partial charge is 0.173 e. The van der Waals surface area contributed by atoms with Crippen LogP contribution in [0.2, 0.25) is 0 Å². The molecule has 0 atom stereocenters. The lowest BCUT2D eigenvalue weighted by Gasteiger charge is -2.12. The van der Waals surface area contributed by atoms with Crippen molar-refractivity contribution >= 4 is 33.2 Å². The normalized spacial score (nSPS) is 10.8. The van der Waals surface area contributed by atoms with Gasteiger partial charge in [-0.25, -0.2) is 4.98 Å². The number of halogens is 1. The minimum Gasteiger partial charge on any atom is -0.366 e. The Hall–Kier alpha value is -3.00. The first-order valence-electron chi connectivity index (χ1n) is 8.09. The predicted octanol–water partition coefficient (Wildman–Crippen LogP) is 3.51. The van der Waals surface area contributed by atoms with Gasteiger partial charge < -0.3 is 10.6 Å². The van der Waals surface area contributed by atoms with Crippen LogP contribution in [0.4, 0.5) is 11.6 Å². The van der Waals surface area contributed by atoms with Gasteiger partial charge in [-0.15, -0.1) is 0 Å². The van der Waals surface area contributed by atoms with Crippen LogP contribution in [0.25, 0.3) is 5.65 Å². The molecule has 0 aliphatic rings. The zero-order valence-corrected chi connectivity index (χ0v) is 15.4. The molecule has 130 valence electrons. The Balaban J connectivity index is 1.59. The first kappa shape index (κ1) is 16.5. The molecule has 0 amide bonds. The molecular formula is C18H16BrN7. The summed E-state index contributed by atoms with van der Waals surface area (Å²) in [7, 11) is 0. The first-order chi connectivity index (χ1) is 12.8. The molecule has 0 unspecified atom stereocenters. The minimum absolute atomic E-state index is 0.644. The topological polar surface area (TPSA) is 80.0 Å². The number of fused-ring (bicyclic) bond motifs is 1. The lowest BCUT2D eigenvalue weighted by molar-refractivity contribution is 0.921. The van der Waals surface area contributed by atoms with Crippen molar-refractivity contribution in [3.05, 3.63) is 76.9 Å². The van der Waals surface area contributed by atoms with Crippen LogP contribution in [0, 0.1) is 0 Å². The van der Waals surface area contributed by atoms with Gasteiger partial charge >= 0.3 is 0 Å². The van der Waals surface area contributed by atoms with Crippen LogP contribution in [0.1, 0.15) is 11.1 Å². The van der Waals surface area contributed by atoms with Gasteiger partial charge in [-0.3, -0.25) is 9.97 Å². The fourth-order valence-corrected chi connectivity index (χ4v) is 2.89. The van der Waals surface area contributed by atoms with Crippen molar-refractivity contribution in [3.8, 4) is 0 Å². The van der Waals surface area contributed by atoms with Crippen LogP contribution in [0.3, 0.4) is 0 Å². The predicted molar refractivity (Wildman–Crippen MR) is 104 cm³/mol. The van der Waals surface area contributed by atoms with Crippen molar-refractivity contribution in [2.24, 2.45) is 0 Å². The fourth-order valence-electron chi connectivity index (χ4n) is 2.54. The third-order valence-corrected chi connectivity index (χ3v) is 4.38. The first-order valence-corrected chi connectivity index (χ1v) is 8.89. The number of hydrogen-bond acceptors (Lipinski definition) is 6. The largest absolute Gasteiger partial charge is 0.366 e. The van der Waals surface area contributed by atoms with Gasteiger partial charge in [0.1, 0.15) is 11.6 Å². The standard InChI is InChI=1S/C18H16BrN7/c19-15-12-24-26-17(23-11-14-4-2-6-21-9-14)7-16(25-18(15)26)22-10-13-3-1-5-20-8-13/h1-9,12,23H,10-11H2,(H,22,25). The maximum absolute atomic E-state index is 4.64. The quantitative estimate of drug-likeness (QED) is 0.507. The van der Waals surface area contributed by atoms with Gasteiger partial charge in [-0.2, -0.15) is 9.61 Å². The molecule has 0 aliphatic heterocycles. The molecule has 4 aromatic rings. The van der Waals surface area contributed by atoms with Crippen molar-refractivity contribution in [3.63, 3.8) is 0 Å². The SMILES string of the molecule is Brc1cnn2c(NCc3cccnc3)cc(NCc3cccnc3)nc12. The molecular weight excluding hydrogens is 394 g/mol. The molecule has 0 radical (unpaired) electrons. The summed E-state index contributed by atoms with van der Waals surface area (Å²) in [5.74, 6) is 1.61. The van der Waals surface area contributed by atoms with Crippen LogP contribution in [0.15, 0.2) is 65.8 Å². The van der Waals surface area contributed by atoms with Gasteiger partial charge in [0.05, 0.1) is 10.7 Å². The van der Waals surface area contributed by atoms with Gasteiger partial charge in [-0.05, 0) is 39.2 Å². The van der Waals surface area contributed by atoms with E-state index in [9.17, 15) is 0 Å². The van der Waals surface area contributed by atoms with E-state index < -0.39 is 0 Å². The van der Waals surface area contributed by atoms with Crippen molar-refractivity contribution in [1.82, 2.24) is 24.6 Å². The van der Waals surface area contributed by atoms with E-state index in [1.807, 2.05) is 42.7 Å². The van der Waals surface area contributed by atoms with Crippen molar-refractivity contribution in [2.45, 2.75) is 13.1 Å². The van der Waals surface area contributed by atoms with E-state index in [1.165, 1.54) is 0 Å². The fraction of sp³-hybridized carbons (Fsp3) is 0.111. The van der Waals surface area contributed by atoms with Crippen LogP contribution >= 0.6 is 15.9 Å². The maximum atomic E-state index is 4.64. The molecule has 4 aromatic heterocycles. The van der Waals surface area contributed by atoms with E-state index in [0.29, 0.717) is 13.1 Å². The Morgan fingerprint density at radius 3 is 2.27 bits per heavy atom. The highest BCUT2D eigenvalue weighted by Gasteiger charge is 2.10. The summed E-state index contributed by atoms with van der Waals surface area (Å²) >= 11 is 3.51. The van der Waals surface area contributed by atoms with Crippen LogP contribution in [-0.2, 0) is 13.1 Å². The van der Waals surface area contributed by atoms with Gasteiger partial charge in [0.15, 0.2) is 5.65 Å². The number of pyridine rings is 2. The maximum Gasteiger partial charge on any atom is 0.173 e. The van der Waals surface area contributed by atoms with E-state index in [1.54, 1.807) is 23.1 Å².